The third kappa shape index (κ3) is 3.48. The van der Waals surface area contributed by atoms with Crippen molar-refractivity contribution in [2.75, 3.05) is 5.32 Å². The Hall–Kier alpha value is -2.18. The summed E-state index contributed by atoms with van der Waals surface area (Å²) in [6.07, 6.45) is 4.19. The van der Waals surface area contributed by atoms with Gasteiger partial charge in [-0.15, -0.1) is 0 Å². The van der Waals surface area contributed by atoms with Crippen LogP contribution in [-0.2, 0) is 0 Å². The molecular formula is C14H19N3O4. The van der Waals surface area contributed by atoms with Crippen molar-refractivity contribution in [1.29, 1.82) is 0 Å². The molecule has 1 fully saturated rings. The van der Waals surface area contributed by atoms with E-state index in [0.717, 1.165) is 31.5 Å². The van der Waals surface area contributed by atoms with Gasteiger partial charge in [0, 0.05) is 12.1 Å². The smallest absolute Gasteiger partial charge is 0.339 e. The SMILES string of the molecule is CC1CCC(Nc2ncc([N+](=O)[O-])cc2C(=O)O)C(C)C1. The van der Waals surface area contributed by atoms with E-state index in [-0.39, 0.29) is 23.1 Å². The molecule has 0 aromatic carbocycles. The number of hydrogen-bond acceptors (Lipinski definition) is 5. The van der Waals surface area contributed by atoms with Gasteiger partial charge in [-0.2, -0.15) is 0 Å². The van der Waals surface area contributed by atoms with Crippen molar-refractivity contribution in [3.05, 3.63) is 27.9 Å². The first-order valence-corrected chi connectivity index (χ1v) is 7.02. The summed E-state index contributed by atoms with van der Waals surface area (Å²) < 4.78 is 0. The van der Waals surface area contributed by atoms with Crippen molar-refractivity contribution in [3.63, 3.8) is 0 Å². The number of pyridine rings is 1. The molecular weight excluding hydrogens is 274 g/mol. The molecule has 1 saturated carbocycles. The summed E-state index contributed by atoms with van der Waals surface area (Å²) in [6, 6.07) is 1.20. The maximum absolute atomic E-state index is 11.3. The first-order valence-electron chi connectivity index (χ1n) is 7.02. The molecule has 0 saturated heterocycles. The largest absolute Gasteiger partial charge is 0.478 e. The predicted octanol–water partition coefficient (Wildman–Crippen LogP) is 2.92. The third-order valence-corrected chi connectivity index (χ3v) is 4.07. The molecule has 2 rings (SSSR count). The number of nitrogens with zero attached hydrogens (tertiary/aromatic N) is 2. The summed E-state index contributed by atoms with van der Waals surface area (Å²) >= 11 is 0. The van der Waals surface area contributed by atoms with E-state index in [1.54, 1.807) is 0 Å². The quantitative estimate of drug-likeness (QED) is 0.653. The normalized spacial score (nSPS) is 25.3. The number of carboxylic acid groups (broad SMARTS) is 1. The van der Waals surface area contributed by atoms with E-state index in [4.69, 9.17) is 0 Å². The van der Waals surface area contributed by atoms with Crippen LogP contribution in [0.5, 0.6) is 0 Å². The van der Waals surface area contributed by atoms with Crippen LogP contribution in [0.4, 0.5) is 11.5 Å². The molecule has 21 heavy (non-hydrogen) atoms. The Morgan fingerprint density at radius 1 is 1.48 bits per heavy atom. The Balaban J connectivity index is 2.23. The standard InChI is InChI=1S/C14H19N3O4/c1-8-3-4-12(9(2)5-8)16-13-11(14(18)19)6-10(7-15-13)17(20)21/h6-9,12H,3-5H2,1-2H3,(H,15,16)(H,18,19). The molecule has 1 aromatic rings. The van der Waals surface area contributed by atoms with E-state index in [9.17, 15) is 20.0 Å². The van der Waals surface area contributed by atoms with Gasteiger partial charge in [-0.3, -0.25) is 10.1 Å². The van der Waals surface area contributed by atoms with Gasteiger partial charge < -0.3 is 10.4 Å². The van der Waals surface area contributed by atoms with Crippen molar-refractivity contribution in [1.82, 2.24) is 4.98 Å². The second-order valence-corrected chi connectivity index (χ2v) is 5.80. The van der Waals surface area contributed by atoms with Crippen LogP contribution in [0.2, 0.25) is 0 Å². The number of nitro groups is 1. The summed E-state index contributed by atoms with van der Waals surface area (Å²) in [5, 5.41) is 23.1. The van der Waals surface area contributed by atoms with Gasteiger partial charge in [0.25, 0.3) is 5.69 Å². The number of anilines is 1. The second-order valence-electron chi connectivity index (χ2n) is 5.80. The zero-order chi connectivity index (χ0) is 15.6. The van der Waals surface area contributed by atoms with Crippen molar-refractivity contribution < 1.29 is 14.8 Å². The van der Waals surface area contributed by atoms with Gasteiger partial charge in [-0.1, -0.05) is 13.8 Å². The zero-order valence-corrected chi connectivity index (χ0v) is 12.1. The molecule has 3 atom stereocenters. The van der Waals surface area contributed by atoms with Crippen LogP contribution in [0.15, 0.2) is 12.3 Å². The molecule has 2 N–H and O–H groups in total. The number of aromatic nitrogens is 1. The number of hydrogen-bond donors (Lipinski definition) is 2. The number of carboxylic acids is 1. The molecule has 0 spiro atoms. The second kappa shape index (κ2) is 6.07. The molecule has 1 heterocycles. The average Bonchev–Trinajstić information content (AvgIpc) is 2.41. The van der Waals surface area contributed by atoms with Crippen LogP contribution in [0.25, 0.3) is 0 Å². The van der Waals surface area contributed by atoms with E-state index < -0.39 is 10.9 Å². The summed E-state index contributed by atoms with van der Waals surface area (Å²) in [4.78, 5) is 25.3. The lowest BCUT2D eigenvalue weighted by molar-refractivity contribution is -0.385. The van der Waals surface area contributed by atoms with E-state index in [2.05, 4.69) is 24.1 Å². The van der Waals surface area contributed by atoms with Crippen molar-refractivity contribution >= 4 is 17.5 Å². The first kappa shape index (κ1) is 15.2. The lowest BCUT2D eigenvalue weighted by atomic mass is 9.80. The van der Waals surface area contributed by atoms with E-state index in [0.29, 0.717) is 11.8 Å². The Bertz CT molecular complexity index is 561. The molecule has 114 valence electrons. The van der Waals surface area contributed by atoms with Gasteiger partial charge in [0.15, 0.2) is 0 Å². The van der Waals surface area contributed by atoms with Crippen molar-refractivity contribution in [2.45, 2.75) is 39.2 Å². The fraction of sp³-hybridized carbons (Fsp3) is 0.571. The molecule has 7 heteroatoms. The number of aromatic carboxylic acids is 1. The molecule has 0 radical (unpaired) electrons. The van der Waals surface area contributed by atoms with Crippen LogP contribution in [-0.4, -0.2) is 27.0 Å². The fourth-order valence-electron chi connectivity index (χ4n) is 2.89. The minimum Gasteiger partial charge on any atom is -0.478 e. The van der Waals surface area contributed by atoms with Gasteiger partial charge in [-0.25, -0.2) is 9.78 Å². The molecule has 0 bridgehead atoms. The number of carbonyl (C=O) groups is 1. The Labute approximate surface area is 122 Å². The average molecular weight is 293 g/mol. The highest BCUT2D eigenvalue weighted by atomic mass is 16.6. The minimum atomic E-state index is -1.22. The van der Waals surface area contributed by atoms with Crippen LogP contribution < -0.4 is 5.32 Å². The van der Waals surface area contributed by atoms with E-state index in [1.807, 2.05) is 0 Å². The molecule has 0 amide bonds. The minimum absolute atomic E-state index is 0.147. The molecule has 3 unspecified atom stereocenters. The molecule has 0 aliphatic heterocycles. The number of nitrogens with one attached hydrogen (secondary N) is 1. The lowest BCUT2D eigenvalue weighted by Crippen LogP contribution is -2.33. The monoisotopic (exact) mass is 293 g/mol. The van der Waals surface area contributed by atoms with Crippen LogP contribution >= 0.6 is 0 Å². The summed E-state index contributed by atoms with van der Waals surface area (Å²) in [5.41, 5.74) is -0.474. The van der Waals surface area contributed by atoms with Crippen molar-refractivity contribution in [3.8, 4) is 0 Å². The molecule has 1 aliphatic carbocycles. The van der Waals surface area contributed by atoms with Crippen molar-refractivity contribution in [2.24, 2.45) is 11.8 Å². The van der Waals surface area contributed by atoms with Gasteiger partial charge in [0.05, 0.1) is 4.92 Å². The Morgan fingerprint density at radius 2 is 2.19 bits per heavy atom. The van der Waals surface area contributed by atoms with E-state index in [1.165, 1.54) is 0 Å². The zero-order valence-electron chi connectivity index (χ0n) is 12.1. The summed E-state index contributed by atoms with van der Waals surface area (Å²) in [6.45, 7) is 4.33. The molecule has 1 aliphatic rings. The summed E-state index contributed by atoms with van der Waals surface area (Å²) in [5.74, 6) is 0.0687. The maximum Gasteiger partial charge on any atom is 0.339 e. The summed E-state index contributed by atoms with van der Waals surface area (Å²) in [7, 11) is 0. The highest BCUT2D eigenvalue weighted by molar-refractivity contribution is 5.93. The first-order chi connectivity index (χ1) is 9.88. The Kier molecular flexibility index (Phi) is 4.40. The topological polar surface area (TPSA) is 105 Å². The predicted molar refractivity (Wildman–Crippen MR) is 77.4 cm³/mol. The highest BCUT2D eigenvalue weighted by Crippen LogP contribution is 2.31. The molecule has 1 aromatic heterocycles. The lowest BCUT2D eigenvalue weighted by Gasteiger charge is -2.33. The highest BCUT2D eigenvalue weighted by Gasteiger charge is 2.27. The number of rotatable bonds is 4. The van der Waals surface area contributed by atoms with Gasteiger partial charge in [0.2, 0.25) is 0 Å². The van der Waals surface area contributed by atoms with E-state index >= 15 is 0 Å². The van der Waals surface area contributed by atoms with Crippen LogP contribution in [0.1, 0.15) is 43.5 Å². The third-order valence-electron chi connectivity index (χ3n) is 4.07. The van der Waals surface area contributed by atoms with Gasteiger partial charge >= 0.3 is 5.97 Å². The van der Waals surface area contributed by atoms with Crippen LogP contribution in [0, 0.1) is 22.0 Å². The van der Waals surface area contributed by atoms with Crippen LogP contribution in [0.3, 0.4) is 0 Å². The maximum atomic E-state index is 11.3. The van der Waals surface area contributed by atoms with Gasteiger partial charge in [0.1, 0.15) is 17.6 Å². The van der Waals surface area contributed by atoms with Gasteiger partial charge in [-0.05, 0) is 31.1 Å². The fourth-order valence-corrected chi connectivity index (χ4v) is 2.89. The Morgan fingerprint density at radius 3 is 2.76 bits per heavy atom. The molecule has 7 nitrogen and oxygen atoms in total.